The van der Waals surface area contributed by atoms with Gasteiger partial charge < -0.3 is 50.0 Å². The number of rotatable bonds is 16. The zero-order valence-corrected chi connectivity index (χ0v) is 38.1. The molecule has 2 aliphatic rings. The topological polar surface area (TPSA) is 342 Å². The Labute approximate surface area is 393 Å². The molecule has 1 unspecified atom stereocenters. The van der Waals surface area contributed by atoms with Crippen LogP contribution in [-0.4, -0.2) is 102 Å². The summed E-state index contributed by atoms with van der Waals surface area (Å²) in [5.41, 5.74) is -0.369. The summed E-state index contributed by atoms with van der Waals surface area (Å²) in [5.74, 6) is -8.36. The van der Waals surface area contributed by atoms with Gasteiger partial charge in [-0.3, -0.25) is 28.8 Å². The van der Waals surface area contributed by atoms with Gasteiger partial charge in [0.25, 0.3) is 10.0 Å². The number of fused-ring (bicyclic) bond motifs is 5. The van der Waals surface area contributed by atoms with Crippen molar-refractivity contribution in [1.29, 1.82) is 5.26 Å². The first-order valence-corrected chi connectivity index (χ1v) is 24.5. The molecule has 1 atom stereocenters. The molecule has 0 spiro atoms. The van der Waals surface area contributed by atoms with E-state index in [1.807, 2.05) is 4.72 Å². The Hall–Kier alpha value is -7.42. The number of halogens is 1. The summed E-state index contributed by atoms with van der Waals surface area (Å²) in [6.45, 7) is -0.346. The SMILES string of the molecule is N#Cc1ccc(OP(=O)(O)CNS(=O)(=O)c2cc3cc(-c4cc5c(CC(=O)O)c(c4CC(=O)O)CC(=O)NCCO5)c(-c4cc5c(CC(=O)O)c(c4CC(=O)O)CC(=O)NCCO5)cc3s2)cc1F. The average molecular weight is 1010 g/mol. The Morgan fingerprint density at radius 1 is 0.754 bits per heavy atom. The molecule has 0 saturated carbocycles. The van der Waals surface area contributed by atoms with Crippen molar-refractivity contribution in [3.8, 4) is 45.6 Å². The van der Waals surface area contributed by atoms with E-state index in [1.165, 1.54) is 30.3 Å². The monoisotopic (exact) mass is 1010 g/mol. The molecule has 21 nitrogen and oxygen atoms in total. The summed E-state index contributed by atoms with van der Waals surface area (Å²) in [6, 6.07) is 11.0. The average Bonchev–Trinajstić information content (AvgIpc) is 3.72. The number of carbonyl (C=O) groups is 6. The Balaban J connectivity index is 1.50. The van der Waals surface area contributed by atoms with Crippen molar-refractivity contribution in [3.63, 3.8) is 0 Å². The number of ether oxygens (including phenoxy) is 2. The minimum Gasteiger partial charge on any atom is -0.491 e. The first-order valence-electron chi connectivity index (χ1n) is 20.4. The van der Waals surface area contributed by atoms with E-state index >= 15 is 0 Å². The normalized spacial score (nSPS) is 14.6. The summed E-state index contributed by atoms with van der Waals surface area (Å²) < 4.78 is 73.7. The van der Waals surface area contributed by atoms with Crippen LogP contribution in [0.25, 0.3) is 32.3 Å². The van der Waals surface area contributed by atoms with E-state index in [2.05, 4.69) is 10.6 Å². The first kappa shape index (κ1) is 49.5. The van der Waals surface area contributed by atoms with Gasteiger partial charge in [-0.25, -0.2) is 17.4 Å². The molecule has 4 aromatic carbocycles. The predicted molar refractivity (Wildman–Crippen MR) is 239 cm³/mol. The second-order valence-corrected chi connectivity index (χ2v) is 20.4. The molecule has 0 fully saturated rings. The molecular formula is C44H38FN4O17PS2. The van der Waals surface area contributed by atoms with Crippen molar-refractivity contribution < 1.29 is 85.5 Å². The standard InChI is InChI=1S/C44H38FN4O17PS2/c45-34-9-23(2-1-21(34)19-46)66-67(60,61)20-49-69(62,63)44-8-22-7-24(25-10-35-32(17-42(56)57)28(30(25)15-40(52)53)13-38(50)47-3-5-64-35)27(12-37(22)68-44)26-11-36-33(18-43(58)59)29(31(26)16-41(54)55)14-39(51)48-4-6-65-36/h1-2,7-12,49H,3-6,13-18,20H2,(H,47,50)(H,48,51)(H,52,53)(H,54,55)(H,56,57)(H,58,59)(H,60,61). The van der Waals surface area contributed by atoms with Gasteiger partial charge in [-0.05, 0) is 92.4 Å². The first-order chi connectivity index (χ1) is 32.6. The van der Waals surface area contributed by atoms with Gasteiger partial charge in [-0.15, -0.1) is 11.3 Å². The van der Waals surface area contributed by atoms with Gasteiger partial charge in [0.1, 0.15) is 52.8 Å². The number of nitrogens with zero attached hydrogens (tertiary/aromatic N) is 1. The lowest BCUT2D eigenvalue weighted by atomic mass is 9.81. The molecular weight excluding hydrogens is 971 g/mol. The molecule has 2 aliphatic heterocycles. The number of carbonyl (C=O) groups excluding carboxylic acids is 2. The van der Waals surface area contributed by atoms with Crippen LogP contribution < -0.4 is 29.4 Å². The molecule has 3 heterocycles. The third-order valence-corrected chi connectivity index (χ3v) is 15.1. The second-order valence-electron chi connectivity index (χ2n) is 15.5. The number of hydrogen-bond acceptors (Lipinski definition) is 14. The summed E-state index contributed by atoms with van der Waals surface area (Å²) in [7, 11) is -9.61. The number of carboxylic acids is 4. The third-order valence-electron chi connectivity index (χ3n) is 10.8. The number of benzene rings is 4. The van der Waals surface area contributed by atoms with Crippen LogP contribution in [0.15, 0.2) is 52.7 Å². The molecule has 0 saturated heterocycles. The van der Waals surface area contributed by atoms with Crippen molar-refractivity contribution in [2.45, 2.75) is 42.7 Å². The lowest BCUT2D eigenvalue weighted by Gasteiger charge is -2.24. The number of hydrogen-bond donors (Lipinski definition) is 8. The molecule has 7 rings (SSSR count). The molecule has 1 aromatic heterocycles. The number of aliphatic carboxylic acids is 4. The molecule has 5 aromatic rings. The van der Waals surface area contributed by atoms with Gasteiger partial charge in [0.15, 0.2) is 0 Å². The van der Waals surface area contributed by atoms with Crippen LogP contribution in [0.5, 0.6) is 17.2 Å². The zero-order valence-electron chi connectivity index (χ0n) is 35.6. The fraction of sp³-hybridized carbons (Fsp3) is 0.250. The van der Waals surface area contributed by atoms with Gasteiger partial charge in [-0.2, -0.15) is 9.98 Å². The molecule has 4 bridgehead atoms. The summed E-state index contributed by atoms with van der Waals surface area (Å²) in [5, 5.41) is 55.1. The quantitative estimate of drug-likeness (QED) is 0.0657. The summed E-state index contributed by atoms with van der Waals surface area (Å²) >= 11 is 0.634. The summed E-state index contributed by atoms with van der Waals surface area (Å²) in [6.07, 6.45) is -5.27. The van der Waals surface area contributed by atoms with Crippen LogP contribution in [-0.2, 0) is 81.9 Å². The maximum atomic E-state index is 14.2. The smallest absolute Gasteiger partial charge is 0.391 e. The number of sulfonamides is 1. The fourth-order valence-corrected chi connectivity index (χ4v) is 12.0. The van der Waals surface area contributed by atoms with Crippen molar-refractivity contribution in [2.24, 2.45) is 0 Å². The minimum absolute atomic E-state index is 0.000749. The van der Waals surface area contributed by atoms with Crippen LogP contribution >= 0.6 is 18.9 Å². The molecule has 360 valence electrons. The maximum absolute atomic E-state index is 14.2. The highest BCUT2D eigenvalue weighted by molar-refractivity contribution is 7.92. The van der Waals surface area contributed by atoms with Gasteiger partial charge in [0, 0.05) is 21.9 Å². The predicted octanol–water partition coefficient (Wildman–Crippen LogP) is 3.36. The number of amides is 2. The molecule has 0 aliphatic carbocycles. The molecule has 69 heavy (non-hydrogen) atoms. The second kappa shape index (κ2) is 20.0. The zero-order chi connectivity index (χ0) is 49.9. The van der Waals surface area contributed by atoms with E-state index in [9.17, 15) is 71.5 Å². The highest BCUT2D eigenvalue weighted by Crippen LogP contribution is 2.48. The molecule has 2 amide bonds. The highest BCUT2D eigenvalue weighted by atomic mass is 32.2. The lowest BCUT2D eigenvalue weighted by molar-refractivity contribution is -0.137. The number of nitrogens with one attached hydrogen (secondary N) is 3. The van der Waals surface area contributed by atoms with Crippen molar-refractivity contribution in [1.82, 2.24) is 15.4 Å². The van der Waals surface area contributed by atoms with Crippen molar-refractivity contribution in [3.05, 3.63) is 93.3 Å². The van der Waals surface area contributed by atoms with Crippen LogP contribution in [0.2, 0.25) is 0 Å². The minimum atomic E-state index is -4.89. The van der Waals surface area contributed by atoms with Crippen LogP contribution in [0.1, 0.15) is 38.9 Å². The van der Waals surface area contributed by atoms with E-state index in [1.54, 1.807) is 6.07 Å². The van der Waals surface area contributed by atoms with Gasteiger partial charge in [0.05, 0.1) is 57.2 Å². The summed E-state index contributed by atoms with van der Waals surface area (Å²) in [4.78, 5) is 87.1. The van der Waals surface area contributed by atoms with E-state index < -0.39 is 114 Å². The maximum Gasteiger partial charge on any atom is 0.391 e. The number of carboxylic acid groups (broad SMARTS) is 4. The Bertz CT molecular complexity index is 3070. The van der Waals surface area contributed by atoms with Gasteiger partial charge in [0.2, 0.25) is 11.8 Å². The largest absolute Gasteiger partial charge is 0.491 e. The van der Waals surface area contributed by atoms with Crippen molar-refractivity contribution in [2.75, 3.05) is 32.6 Å². The van der Waals surface area contributed by atoms with Crippen LogP contribution in [0, 0.1) is 17.1 Å². The number of thiophene rings is 1. The van der Waals surface area contributed by atoms with E-state index in [-0.39, 0.29) is 109 Å². The van der Waals surface area contributed by atoms with Crippen LogP contribution in [0.3, 0.4) is 0 Å². The third kappa shape index (κ3) is 11.3. The van der Waals surface area contributed by atoms with E-state index in [0.717, 1.165) is 12.1 Å². The van der Waals surface area contributed by atoms with E-state index in [0.29, 0.717) is 17.4 Å². The highest BCUT2D eigenvalue weighted by Gasteiger charge is 2.32. The lowest BCUT2D eigenvalue weighted by Crippen LogP contribution is -2.29. The molecule has 8 N–H and O–H groups in total. The van der Waals surface area contributed by atoms with Crippen molar-refractivity contribution >= 4 is 74.7 Å². The van der Waals surface area contributed by atoms with Gasteiger partial charge >= 0.3 is 31.5 Å². The van der Waals surface area contributed by atoms with Crippen LogP contribution in [0.4, 0.5) is 4.39 Å². The van der Waals surface area contributed by atoms with Gasteiger partial charge in [-0.1, -0.05) is 0 Å². The Kier molecular flexibility index (Phi) is 14.4. The fourth-order valence-electron chi connectivity index (χ4n) is 8.03. The number of nitriles is 1. The van der Waals surface area contributed by atoms with E-state index in [4.69, 9.17) is 19.3 Å². The Morgan fingerprint density at radius 3 is 1.72 bits per heavy atom. The molecule has 25 heteroatoms. The molecule has 0 radical (unpaired) electrons. The Morgan fingerprint density at radius 2 is 1.25 bits per heavy atom.